The van der Waals surface area contributed by atoms with E-state index in [0.29, 0.717) is 19.5 Å². The lowest BCUT2D eigenvalue weighted by molar-refractivity contribution is -0.120. The molecule has 0 radical (unpaired) electrons. The number of para-hydroxylation sites is 1. The maximum absolute atomic E-state index is 12.1. The van der Waals surface area contributed by atoms with Crippen LogP contribution in [0, 0.1) is 5.92 Å². The van der Waals surface area contributed by atoms with Crippen LogP contribution < -0.4 is 5.32 Å². The van der Waals surface area contributed by atoms with E-state index >= 15 is 0 Å². The van der Waals surface area contributed by atoms with Crippen LogP contribution in [-0.4, -0.2) is 53.2 Å². The molecular weight excluding hydrogens is 302 g/mol. The smallest absolute Gasteiger partial charge is 0.224 e. The fourth-order valence-electron chi connectivity index (χ4n) is 3.35. The number of carbonyl (C=O) groups is 1. The van der Waals surface area contributed by atoms with Crippen molar-refractivity contribution >= 4 is 16.8 Å². The van der Waals surface area contributed by atoms with Crippen molar-refractivity contribution in [1.29, 1.82) is 0 Å². The summed E-state index contributed by atoms with van der Waals surface area (Å²) in [5, 5.41) is 14.1. The molecule has 3 rings (SSSR count). The number of aromatic amines is 1. The number of rotatable bonds is 6. The summed E-state index contributed by atoms with van der Waals surface area (Å²) in [5.74, 6) is 0.736. The molecule has 3 N–H and O–H groups in total. The van der Waals surface area contributed by atoms with Crippen LogP contribution in [0.2, 0.25) is 0 Å². The number of aliphatic hydroxyl groups excluding tert-OH is 1. The van der Waals surface area contributed by atoms with E-state index in [4.69, 9.17) is 0 Å². The summed E-state index contributed by atoms with van der Waals surface area (Å²) in [7, 11) is 0. The Morgan fingerprint density at radius 3 is 2.92 bits per heavy atom. The van der Waals surface area contributed by atoms with Gasteiger partial charge >= 0.3 is 0 Å². The summed E-state index contributed by atoms with van der Waals surface area (Å²) in [6.07, 6.45) is 4.10. The SMILES string of the molecule is CC1CCN(CC(O)CNC(=O)Cc2c[nH]c3ccccc23)CC1. The number of likely N-dealkylation sites (tertiary alicyclic amines) is 1. The summed E-state index contributed by atoms with van der Waals surface area (Å²) >= 11 is 0. The van der Waals surface area contributed by atoms with Crippen LogP contribution in [0.1, 0.15) is 25.3 Å². The second-order valence-corrected chi connectivity index (χ2v) is 6.98. The molecule has 0 spiro atoms. The van der Waals surface area contributed by atoms with Crippen LogP contribution in [0.25, 0.3) is 10.9 Å². The molecule has 2 heterocycles. The average molecular weight is 329 g/mol. The number of nitrogens with one attached hydrogen (secondary N) is 2. The van der Waals surface area contributed by atoms with E-state index in [0.717, 1.165) is 35.5 Å². The number of aromatic nitrogens is 1. The van der Waals surface area contributed by atoms with Crippen LogP contribution in [0.3, 0.4) is 0 Å². The third kappa shape index (κ3) is 4.36. The first-order valence-corrected chi connectivity index (χ1v) is 8.84. The lowest BCUT2D eigenvalue weighted by Gasteiger charge is -2.31. The lowest BCUT2D eigenvalue weighted by Crippen LogP contribution is -2.43. The molecule has 1 unspecified atom stereocenters. The van der Waals surface area contributed by atoms with Gasteiger partial charge in [-0.3, -0.25) is 4.79 Å². The molecule has 5 heteroatoms. The average Bonchev–Trinajstić information content (AvgIpc) is 2.98. The fourth-order valence-corrected chi connectivity index (χ4v) is 3.35. The number of aliphatic hydroxyl groups is 1. The Labute approximate surface area is 143 Å². The molecule has 0 saturated carbocycles. The van der Waals surface area contributed by atoms with Gasteiger partial charge in [-0.1, -0.05) is 25.1 Å². The van der Waals surface area contributed by atoms with Crippen molar-refractivity contribution in [3.8, 4) is 0 Å². The zero-order valence-corrected chi connectivity index (χ0v) is 14.3. The van der Waals surface area contributed by atoms with Crippen LogP contribution >= 0.6 is 0 Å². The molecule has 1 amide bonds. The molecule has 0 aliphatic carbocycles. The number of carbonyl (C=O) groups excluding carboxylic acids is 1. The minimum absolute atomic E-state index is 0.0499. The molecule has 24 heavy (non-hydrogen) atoms. The van der Waals surface area contributed by atoms with Gasteiger partial charge in [0.15, 0.2) is 0 Å². The van der Waals surface area contributed by atoms with Gasteiger partial charge in [-0.25, -0.2) is 0 Å². The van der Waals surface area contributed by atoms with Gasteiger partial charge in [0.25, 0.3) is 0 Å². The molecule has 5 nitrogen and oxygen atoms in total. The van der Waals surface area contributed by atoms with Gasteiger partial charge in [-0.2, -0.15) is 0 Å². The summed E-state index contributed by atoms with van der Waals surface area (Å²) < 4.78 is 0. The molecule has 1 aromatic carbocycles. The van der Waals surface area contributed by atoms with Crippen molar-refractivity contribution in [2.24, 2.45) is 5.92 Å². The van der Waals surface area contributed by atoms with Gasteiger partial charge in [0.2, 0.25) is 5.91 Å². The molecule has 0 bridgehead atoms. The largest absolute Gasteiger partial charge is 0.390 e. The first kappa shape index (κ1) is 17.0. The van der Waals surface area contributed by atoms with E-state index in [-0.39, 0.29) is 5.91 Å². The summed E-state index contributed by atoms with van der Waals surface area (Å²) in [6, 6.07) is 7.96. The highest BCUT2D eigenvalue weighted by Gasteiger charge is 2.18. The predicted molar refractivity (Wildman–Crippen MR) is 95.9 cm³/mol. The van der Waals surface area contributed by atoms with Crippen LogP contribution in [-0.2, 0) is 11.2 Å². The molecular formula is C19H27N3O2. The molecule has 1 aliphatic rings. The third-order valence-corrected chi connectivity index (χ3v) is 4.91. The van der Waals surface area contributed by atoms with Crippen LogP contribution in [0.15, 0.2) is 30.5 Å². The first-order valence-electron chi connectivity index (χ1n) is 8.84. The fraction of sp³-hybridized carbons (Fsp3) is 0.526. The molecule has 1 aliphatic heterocycles. The van der Waals surface area contributed by atoms with Crippen molar-refractivity contribution < 1.29 is 9.90 Å². The number of hydrogen-bond acceptors (Lipinski definition) is 3. The number of nitrogens with zero attached hydrogens (tertiary/aromatic N) is 1. The van der Waals surface area contributed by atoms with E-state index < -0.39 is 6.10 Å². The van der Waals surface area contributed by atoms with Crippen molar-refractivity contribution in [3.05, 3.63) is 36.0 Å². The number of amides is 1. The Hall–Kier alpha value is -1.85. The van der Waals surface area contributed by atoms with Gasteiger partial charge in [0.05, 0.1) is 12.5 Å². The quantitative estimate of drug-likeness (QED) is 0.758. The highest BCUT2D eigenvalue weighted by Crippen LogP contribution is 2.18. The van der Waals surface area contributed by atoms with Crippen molar-refractivity contribution in [3.63, 3.8) is 0 Å². The predicted octanol–water partition coefficient (Wildman–Crippen LogP) is 1.92. The van der Waals surface area contributed by atoms with Gasteiger partial charge in [0.1, 0.15) is 0 Å². The minimum atomic E-state index is -0.509. The van der Waals surface area contributed by atoms with Gasteiger partial charge in [-0.15, -0.1) is 0 Å². The normalized spacial score (nSPS) is 17.9. The number of benzene rings is 1. The van der Waals surface area contributed by atoms with Crippen molar-refractivity contribution in [2.45, 2.75) is 32.3 Å². The Bertz CT molecular complexity index is 674. The summed E-state index contributed by atoms with van der Waals surface area (Å²) in [6.45, 7) is 5.31. The van der Waals surface area contributed by atoms with Gasteiger partial charge in [0, 0.05) is 30.2 Å². The first-order chi connectivity index (χ1) is 11.6. The maximum atomic E-state index is 12.1. The van der Waals surface area contributed by atoms with Crippen molar-refractivity contribution in [1.82, 2.24) is 15.2 Å². The lowest BCUT2D eigenvalue weighted by atomic mass is 9.99. The summed E-state index contributed by atoms with van der Waals surface area (Å²) in [5.41, 5.74) is 2.03. The van der Waals surface area contributed by atoms with Crippen molar-refractivity contribution in [2.75, 3.05) is 26.2 Å². The Kier molecular flexibility index (Phi) is 5.53. The maximum Gasteiger partial charge on any atom is 0.224 e. The number of piperidine rings is 1. The number of β-amino-alcohol motifs (C(OH)–C–C–N with tert-alkyl or cyclic N) is 1. The Morgan fingerprint density at radius 1 is 1.38 bits per heavy atom. The van der Waals surface area contributed by atoms with E-state index in [1.807, 2.05) is 30.5 Å². The van der Waals surface area contributed by atoms with Gasteiger partial charge in [-0.05, 0) is 43.5 Å². The number of hydrogen-bond donors (Lipinski definition) is 3. The highest BCUT2D eigenvalue weighted by atomic mass is 16.3. The van der Waals surface area contributed by atoms with Crippen LogP contribution in [0.4, 0.5) is 0 Å². The Morgan fingerprint density at radius 2 is 2.12 bits per heavy atom. The monoisotopic (exact) mass is 329 g/mol. The molecule has 1 saturated heterocycles. The standard InChI is InChI=1S/C19H27N3O2/c1-14-6-8-22(9-7-14)13-16(23)12-21-19(24)10-15-11-20-18-5-3-2-4-17(15)18/h2-5,11,14,16,20,23H,6-10,12-13H2,1H3,(H,21,24). The van der Waals surface area contributed by atoms with Gasteiger partial charge < -0.3 is 20.3 Å². The number of H-pyrrole nitrogens is 1. The minimum Gasteiger partial charge on any atom is -0.390 e. The molecule has 130 valence electrons. The summed E-state index contributed by atoms with van der Waals surface area (Å²) in [4.78, 5) is 17.6. The zero-order chi connectivity index (χ0) is 16.9. The highest BCUT2D eigenvalue weighted by molar-refractivity contribution is 5.88. The molecule has 1 aromatic heterocycles. The topological polar surface area (TPSA) is 68.4 Å². The van der Waals surface area contributed by atoms with Crippen LogP contribution in [0.5, 0.6) is 0 Å². The van der Waals surface area contributed by atoms with E-state index in [2.05, 4.69) is 22.1 Å². The van der Waals surface area contributed by atoms with E-state index in [9.17, 15) is 9.90 Å². The van der Waals surface area contributed by atoms with E-state index in [1.54, 1.807) is 0 Å². The Balaban J connectivity index is 1.43. The molecule has 1 atom stereocenters. The molecule has 2 aromatic rings. The van der Waals surface area contributed by atoms with E-state index in [1.165, 1.54) is 12.8 Å². The molecule has 1 fully saturated rings. The second kappa shape index (κ2) is 7.81. The number of fused-ring (bicyclic) bond motifs is 1. The zero-order valence-electron chi connectivity index (χ0n) is 14.3. The second-order valence-electron chi connectivity index (χ2n) is 6.98. The third-order valence-electron chi connectivity index (χ3n) is 4.91.